The summed E-state index contributed by atoms with van der Waals surface area (Å²) in [6, 6.07) is 10.5. The van der Waals surface area contributed by atoms with Gasteiger partial charge < -0.3 is 4.98 Å². The van der Waals surface area contributed by atoms with Crippen molar-refractivity contribution in [2.45, 2.75) is 25.7 Å². The molecule has 1 N–H and O–H groups in total. The van der Waals surface area contributed by atoms with Crippen LogP contribution in [0.15, 0.2) is 47.5 Å². The quantitative estimate of drug-likeness (QED) is 0.752. The Morgan fingerprint density at radius 3 is 2.06 bits per heavy atom. The van der Waals surface area contributed by atoms with Crippen LogP contribution in [0.2, 0.25) is 0 Å². The second-order valence-corrected chi connectivity index (χ2v) is 4.06. The van der Waals surface area contributed by atoms with Gasteiger partial charge in [-0.15, -0.1) is 0 Å². The van der Waals surface area contributed by atoms with E-state index in [0.29, 0.717) is 0 Å². The van der Waals surface area contributed by atoms with E-state index < -0.39 is 0 Å². The molecule has 88 valence electrons. The number of nitrogens with one attached hydrogen (secondary N) is 1. The first kappa shape index (κ1) is 11.6. The lowest BCUT2D eigenvalue weighted by Gasteiger charge is -2.13. The maximum Gasteiger partial charge on any atom is 0.344 e. The van der Waals surface area contributed by atoms with E-state index in [1.165, 1.54) is 38.1 Å². The van der Waals surface area contributed by atoms with Crippen molar-refractivity contribution in [2.24, 2.45) is 0 Å². The summed E-state index contributed by atoms with van der Waals surface area (Å²) in [4.78, 5) is 15.8. The van der Waals surface area contributed by atoms with Gasteiger partial charge in [0.15, 0.2) is 0 Å². The Morgan fingerprint density at radius 2 is 1.65 bits per heavy atom. The molecule has 3 heteroatoms. The van der Waals surface area contributed by atoms with Gasteiger partial charge in [-0.3, -0.25) is 0 Å². The highest BCUT2D eigenvalue weighted by Crippen LogP contribution is 2.19. The van der Waals surface area contributed by atoms with E-state index in [9.17, 15) is 4.79 Å². The van der Waals surface area contributed by atoms with Crippen molar-refractivity contribution < 1.29 is 0 Å². The lowest BCUT2D eigenvalue weighted by Crippen LogP contribution is -2.05. The molecule has 1 aliphatic carbocycles. The first-order valence-electron chi connectivity index (χ1n) is 5.93. The van der Waals surface area contributed by atoms with Gasteiger partial charge in [-0.2, -0.15) is 0 Å². The molecule has 0 bridgehead atoms. The molecule has 1 aromatic heterocycles. The molecule has 0 amide bonds. The smallest absolute Gasteiger partial charge is 0.313 e. The predicted octanol–water partition coefficient (Wildman–Crippen LogP) is 2.34. The molecule has 0 spiro atoms. The molecule has 0 saturated carbocycles. The SMILES string of the molecule is O=c1nccc[nH]1.c1ccc2c(c1)CCCC2. The highest BCUT2D eigenvalue weighted by atomic mass is 16.1. The topological polar surface area (TPSA) is 45.8 Å². The van der Waals surface area contributed by atoms with Gasteiger partial charge in [0, 0.05) is 12.4 Å². The molecule has 0 saturated heterocycles. The Hall–Kier alpha value is -1.90. The van der Waals surface area contributed by atoms with Gasteiger partial charge >= 0.3 is 5.69 Å². The number of H-pyrrole nitrogens is 1. The number of fused-ring (bicyclic) bond motifs is 1. The summed E-state index contributed by atoms with van der Waals surface area (Å²) in [6.07, 6.45) is 8.36. The van der Waals surface area contributed by atoms with Crippen LogP contribution in [-0.2, 0) is 12.8 Å². The third-order valence-electron chi connectivity index (χ3n) is 2.84. The van der Waals surface area contributed by atoms with Crippen LogP contribution in [-0.4, -0.2) is 9.97 Å². The van der Waals surface area contributed by atoms with Gasteiger partial charge in [-0.05, 0) is 42.9 Å². The average Bonchev–Trinajstić information content (AvgIpc) is 2.41. The standard InChI is InChI=1S/C10H12.C4H4N2O/c1-2-6-10-8-4-3-7-9(10)5-1;7-4-5-2-1-3-6-4/h1-2,5-6H,3-4,7-8H2;1-3H,(H,5,6,7). The molecule has 0 fully saturated rings. The molecule has 1 heterocycles. The summed E-state index contributed by atoms with van der Waals surface area (Å²) in [5.74, 6) is 0. The number of nitrogens with zero attached hydrogens (tertiary/aromatic N) is 1. The van der Waals surface area contributed by atoms with Crippen molar-refractivity contribution in [3.05, 3.63) is 64.3 Å². The molecular weight excluding hydrogens is 212 g/mol. The van der Waals surface area contributed by atoms with Crippen molar-refractivity contribution in [1.82, 2.24) is 9.97 Å². The normalized spacial score (nSPS) is 13.2. The second-order valence-electron chi connectivity index (χ2n) is 4.06. The maximum absolute atomic E-state index is 10.1. The van der Waals surface area contributed by atoms with Crippen molar-refractivity contribution >= 4 is 0 Å². The van der Waals surface area contributed by atoms with Crippen LogP contribution in [0, 0.1) is 0 Å². The summed E-state index contributed by atoms with van der Waals surface area (Å²) in [6.45, 7) is 0. The van der Waals surface area contributed by atoms with Crippen molar-refractivity contribution in [3.63, 3.8) is 0 Å². The zero-order valence-corrected chi connectivity index (χ0v) is 9.73. The van der Waals surface area contributed by atoms with Crippen LogP contribution >= 0.6 is 0 Å². The largest absolute Gasteiger partial charge is 0.344 e. The van der Waals surface area contributed by atoms with Gasteiger partial charge in [0.25, 0.3) is 0 Å². The molecule has 3 rings (SSSR count). The first-order chi connectivity index (χ1) is 8.36. The zero-order valence-electron chi connectivity index (χ0n) is 9.73. The van der Waals surface area contributed by atoms with E-state index in [1.54, 1.807) is 17.2 Å². The molecule has 2 aromatic rings. The highest BCUT2D eigenvalue weighted by Gasteiger charge is 2.05. The minimum atomic E-state index is -0.303. The molecule has 0 unspecified atom stereocenters. The van der Waals surface area contributed by atoms with E-state index in [4.69, 9.17) is 0 Å². The monoisotopic (exact) mass is 228 g/mol. The Bertz CT molecular complexity index is 477. The number of hydrogen-bond acceptors (Lipinski definition) is 2. The summed E-state index contributed by atoms with van der Waals surface area (Å²) >= 11 is 0. The van der Waals surface area contributed by atoms with Crippen LogP contribution in [0.1, 0.15) is 24.0 Å². The summed E-state index contributed by atoms with van der Waals surface area (Å²) < 4.78 is 0. The Labute approximate surface area is 101 Å². The van der Waals surface area contributed by atoms with E-state index in [-0.39, 0.29) is 5.69 Å². The molecule has 17 heavy (non-hydrogen) atoms. The van der Waals surface area contributed by atoms with Crippen molar-refractivity contribution in [2.75, 3.05) is 0 Å². The molecule has 1 aliphatic rings. The fraction of sp³-hybridized carbons (Fsp3) is 0.286. The molecule has 3 nitrogen and oxygen atoms in total. The number of benzene rings is 1. The number of rotatable bonds is 0. The number of aromatic amines is 1. The molecule has 0 atom stereocenters. The lowest BCUT2D eigenvalue weighted by atomic mass is 9.92. The first-order valence-corrected chi connectivity index (χ1v) is 5.93. The fourth-order valence-corrected chi connectivity index (χ4v) is 1.99. The van der Waals surface area contributed by atoms with Crippen LogP contribution in [0.4, 0.5) is 0 Å². The van der Waals surface area contributed by atoms with Gasteiger partial charge in [-0.25, -0.2) is 9.78 Å². The summed E-state index contributed by atoms with van der Waals surface area (Å²) in [5.41, 5.74) is 2.85. The zero-order chi connectivity index (χ0) is 11.9. The minimum absolute atomic E-state index is 0.303. The average molecular weight is 228 g/mol. The molecule has 0 aliphatic heterocycles. The van der Waals surface area contributed by atoms with Crippen molar-refractivity contribution in [3.8, 4) is 0 Å². The summed E-state index contributed by atoms with van der Waals surface area (Å²) in [7, 11) is 0. The van der Waals surface area contributed by atoms with Gasteiger partial charge in [-0.1, -0.05) is 24.3 Å². The van der Waals surface area contributed by atoms with Crippen LogP contribution in [0.3, 0.4) is 0 Å². The highest BCUT2D eigenvalue weighted by molar-refractivity contribution is 5.28. The van der Waals surface area contributed by atoms with E-state index in [0.717, 1.165) is 0 Å². The Morgan fingerprint density at radius 1 is 1.00 bits per heavy atom. The van der Waals surface area contributed by atoms with Gasteiger partial charge in [0.1, 0.15) is 0 Å². The summed E-state index contributed by atoms with van der Waals surface area (Å²) in [5, 5.41) is 0. The lowest BCUT2D eigenvalue weighted by molar-refractivity contribution is 0.685. The number of aromatic nitrogens is 2. The maximum atomic E-state index is 10.1. The van der Waals surface area contributed by atoms with E-state index >= 15 is 0 Å². The Kier molecular flexibility index (Phi) is 4.08. The predicted molar refractivity (Wildman–Crippen MR) is 67.9 cm³/mol. The molecule has 1 aromatic carbocycles. The van der Waals surface area contributed by atoms with Crippen LogP contribution in [0.25, 0.3) is 0 Å². The Balaban J connectivity index is 0.000000136. The van der Waals surface area contributed by atoms with E-state index in [1.807, 2.05) is 0 Å². The van der Waals surface area contributed by atoms with Crippen molar-refractivity contribution in [1.29, 1.82) is 0 Å². The third-order valence-corrected chi connectivity index (χ3v) is 2.84. The third kappa shape index (κ3) is 3.55. The van der Waals surface area contributed by atoms with Gasteiger partial charge in [0.05, 0.1) is 0 Å². The number of aryl methyl sites for hydroxylation is 2. The molecule has 0 radical (unpaired) electrons. The van der Waals surface area contributed by atoms with Crippen LogP contribution < -0.4 is 5.69 Å². The fourth-order valence-electron chi connectivity index (χ4n) is 1.99. The minimum Gasteiger partial charge on any atom is -0.313 e. The van der Waals surface area contributed by atoms with Crippen LogP contribution in [0.5, 0.6) is 0 Å². The number of hydrogen-bond donors (Lipinski definition) is 1. The van der Waals surface area contributed by atoms with Gasteiger partial charge in [0.2, 0.25) is 0 Å². The van der Waals surface area contributed by atoms with E-state index in [2.05, 4.69) is 34.2 Å². The second kappa shape index (κ2) is 5.99. The molecular formula is C14H16N2O.